The highest BCUT2D eigenvalue weighted by Crippen LogP contribution is 2.33. The van der Waals surface area contributed by atoms with Crippen molar-refractivity contribution >= 4 is 34.7 Å². The minimum absolute atomic E-state index is 0.0502. The fourth-order valence-corrected chi connectivity index (χ4v) is 1.88. The van der Waals surface area contributed by atoms with Gasteiger partial charge in [-0.2, -0.15) is 13.2 Å². The Morgan fingerprint density at radius 2 is 2.11 bits per heavy atom. The minimum Gasteiger partial charge on any atom is -0.379 e. The van der Waals surface area contributed by atoms with Gasteiger partial charge in [-0.1, -0.05) is 17.7 Å². The van der Waals surface area contributed by atoms with Crippen LogP contribution in [0.15, 0.2) is 18.2 Å². The lowest BCUT2D eigenvalue weighted by Crippen LogP contribution is -2.10. The van der Waals surface area contributed by atoms with Gasteiger partial charge in [0.1, 0.15) is 10.7 Å². The molecule has 1 aromatic rings. The standard InChI is InChI=1S/C9H8ClF3N2O2S/c10-6-2-1-3-7(8(6)15(16)17)14-4-5-18-9(11,12)13/h1-3,14H,4-5H2. The van der Waals surface area contributed by atoms with E-state index in [0.717, 1.165) is 0 Å². The molecular formula is C9H8ClF3N2O2S. The second-order valence-electron chi connectivity index (χ2n) is 3.11. The molecule has 0 saturated carbocycles. The fraction of sp³-hybridized carbons (Fsp3) is 0.333. The van der Waals surface area contributed by atoms with Gasteiger partial charge in [0, 0.05) is 12.3 Å². The van der Waals surface area contributed by atoms with Crippen LogP contribution < -0.4 is 5.32 Å². The van der Waals surface area contributed by atoms with Crippen LogP contribution in [0.3, 0.4) is 0 Å². The maximum absolute atomic E-state index is 11.9. The van der Waals surface area contributed by atoms with E-state index < -0.39 is 10.4 Å². The van der Waals surface area contributed by atoms with E-state index in [-0.39, 0.29) is 40.5 Å². The molecule has 0 heterocycles. The van der Waals surface area contributed by atoms with Crippen molar-refractivity contribution in [3.05, 3.63) is 33.3 Å². The molecule has 0 aromatic heterocycles. The summed E-state index contributed by atoms with van der Waals surface area (Å²) in [6, 6.07) is 4.21. The van der Waals surface area contributed by atoms with Gasteiger partial charge in [0.05, 0.1) is 4.92 Å². The number of alkyl halides is 3. The van der Waals surface area contributed by atoms with E-state index in [1.807, 2.05) is 0 Å². The molecule has 0 saturated heterocycles. The second kappa shape index (κ2) is 6.14. The first-order valence-electron chi connectivity index (χ1n) is 4.69. The molecule has 4 nitrogen and oxygen atoms in total. The summed E-state index contributed by atoms with van der Waals surface area (Å²) in [5.74, 6) is -0.243. The predicted molar refractivity (Wildman–Crippen MR) is 65.1 cm³/mol. The molecule has 0 aliphatic rings. The highest BCUT2D eigenvalue weighted by molar-refractivity contribution is 8.00. The smallest absolute Gasteiger partial charge is 0.379 e. The van der Waals surface area contributed by atoms with Crippen LogP contribution in [0.1, 0.15) is 0 Å². The van der Waals surface area contributed by atoms with Gasteiger partial charge in [0.2, 0.25) is 0 Å². The van der Waals surface area contributed by atoms with Gasteiger partial charge in [-0.3, -0.25) is 10.1 Å². The molecule has 9 heteroatoms. The molecule has 0 fully saturated rings. The molecule has 0 aliphatic heterocycles. The zero-order valence-electron chi connectivity index (χ0n) is 8.83. The lowest BCUT2D eigenvalue weighted by Gasteiger charge is -2.08. The molecule has 0 atom stereocenters. The molecule has 1 rings (SSSR count). The Morgan fingerprint density at radius 3 is 2.67 bits per heavy atom. The van der Waals surface area contributed by atoms with Gasteiger partial charge >= 0.3 is 11.2 Å². The third-order valence-electron chi connectivity index (χ3n) is 1.85. The summed E-state index contributed by atoms with van der Waals surface area (Å²) in [5.41, 5.74) is -4.53. The Kier molecular flexibility index (Phi) is 5.09. The van der Waals surface area contributed by atoms with Crippen molar-refractivity contribution in [2.45, 2.75) is 5.51 Å². The minimum atomic E-state index is -4.30. The molecule has 0 spiro atoms. The fourth-order valence-electron chi connectivity index (χ4n) is 1.20. The van der Waals surface area contributed by atoms with Crippen LogP contribution in [0, 0.1) is 10.1 Å². The Balaban J connectivity index is 2.63. The van der Waals surface area contributed by atoms with Crippen LogP contribution in [0.5, 0.6) is 0 Å². The van der Waals surface area contributed by atoms with Crippen LogP contribution in [0.2, 0.25) is 5.02 Å². The number of nitrogens with one attached hydrogen (secondary N) is 1. The normalized spacial score (nSPS) is 11.3. The van der Waals surface area contributed by atoms with Crippen molar-refractivity contribution < 1.29 is 18.1 Å². The molecule has 1 aromatic carbocycles. The van der Waals surface area contributed by atoms with E-state index in [1.54, 1.807) is 0 Å². The Hall–Kier alpha value is -1.15. The maximum Gasteiger partial charge on any atom is 0.441 e. The van der Waals surface area contributed by atoms with E-state index >= 15 is 0 Å². The first kappa shape index (κ1) is 14.9. The van der Waals surface area contributed by atoms with Crippen molar-refractivity contribution in [2.75, 3.05) is 17.6 Å². The maximum atomic E-state index is 11.9. The molecule has 0 radical (unpaired) electrons. The van der Waals surface area contributed by atoms with E-state index in [9.17, 15) is 23.3 Å². The lowest BCUT2D eigenvalue weighted by atomic mass is 10.2. The van der Waals surface area contributed by atoms with Crippen LogP contribution in [-0.2, 0) is 0 Å². The molecule has 0 aliphatic carbocycles. The first-order valence-corrected chi connectivity index (χ1v) is 6.05. The third kappa shape index (κ3) is 4.61. The molecule has 0 unspecified atom stereocenters. The van der Waals surface area contributed by atoms with Crippen LogP contribution in [0.25, 0.3) is 0 Å². The van der Waals surface area contributed by atoms with Crippen LogP contribution in [0.4, 0.5) is 24.5 Å². The molecule has 18 heavy (non-hydrogen) atoms. The van der Waals surface area contributed by atoms with Crippen LogP contribution in [-0.4, -0.2) is 22.7 Å². The number of halogens is 4. The number of anilines is 1. The number of thioether (sulfide) groups is 1. The van der Waals surface area contributed by atoms with E-state index in [1.165, 1.54) is 18.2 Å². The zero-order valence-corrected chi connectivity index (χ0v) is 10.4. The predicted octanol–water partition coefficient (Wildman–Crippen LogP) is 3.91. The van der Waals surface area contributed by atoms with Gasteiger partial charge in [0.25, 0.3) is 0 Å². The number of nitro benzene ring substituents is 1. The Morgan fingerprint density at radius 1 is 1.44 bits per heavy atom. The molecule has 0 bridgehead atoms. The third-order valence-corrected chi connectivity index (χ3v) is 2.89. The lowest BCUT2D eigenvalue weighted by molar-refractivity contribution is -0.383. The Labute approximate surface area is 110 Å². The van der Waals surface area contributed by atoms with Gasteiger partial charge in [-0.15, -0.1) is 0 Å². The number of rotatable bonds is 5. The average molecular weight is 301 g/mol. The van der Waals surface area contributed by atoms with Gasteiger partial charge in [-0.05, 0) is 23.9 Å². The first-order chi connectivity index (χ1) is 8.31. The number of nitrogens with zero attached hydrogens (tertiary/aromatic N) is 1. The van der Waals surface area contributed by atoms with Gasteiger partial charge in [-0.25, -0.2) is 0 Å². The summed E-state index contributed by atoms with van der Waals surface area (Å²) >= 11 is 5.45. The number of hydrogen-bond donors (Lipinski definition) is 1. The molecular weight excluding hydrogens is 293 g/mol. The summed E-state index contributed by atoms with van der Waals surface area (Å²) < 4.78 is 35.6. The highest BCUT2D eigenvalue weighted by atomic mass is 35.5. The highest BCUT2D eigenvalue weighted by Gasteiger charge is 2.27. The van der Waals surface area contributed by atoms with Crippen molar-refractivity contribution in [3.8, 4) is 0 Å². The molecule has 100 valence electrons. The quantitative estimate of drug-likeness (QED) is 0.509. The topological polar surface area (TPSA) is 55.2 Å². The summed E-state index contributed by atoms with van der Waals surface area (Å²) in [7, 11) is 0. The average Bonchev–Trinajstić information content (AvgIpc) is 2.22. The van der Waals surface area contributed by atoms with Crippen molar-refractivity contribution in [2.24, 2.45) is 0 Å². The van der Waals surface area contributed by atoms with Gasteiger partial charge in [0.15, 0.2) is 0 Å². The molecule has 0 amide bonds. The summed E-state index contributed by atoms with van der Waals surface area (Å²) in [6.07, 6.45) is 0. The Bertz CT molecular complexity index is 442. The van der Waals surface area contributed by atoms with Crippen molar-refractivity contribution in [3.63, 3.8) is 0 Å². The summed E-state index contributed by atoms with van der Waals surface area (Å²) in [4.78, 5) is 10.1. The van der Waals surface area contributed by atoms with Crippen molar-refractivity contribution in [1.29, 1.82) is 0 Å². The summed E-state index contributed by atoms with van der Waals surface area (Å²) in [5, 5.41) is 13.2. The van der Waals surface area contributed by atoms with Gasteiger partial charge < -0.3 is 5.32 Å². The molecule has 1 N–H and O–H groups in total. The number of nitro groups is 1. The zero-order chi connectivity index (χ0) is 13.8. The van der Waals surface area contributed by atoms with Crippen LogP contribution >= 0.6 is 23.4 Å². The van der Waals surface area contributed by atoms with E-state index in [0.29, 0.717) is 0 Å². The second-order valence-corrected chi connectivity index (χ2v) is 4.68. The monoisotopic (exact) mass is 300 g/mol. The summed E-state index contributed by atoms with van der Waals surface area (Å²) in [6.45, 7) is -0.0502. The van der Waals surface area contributed by atoms with E-state index in [2.05, 4.69) is 5.32 Å². The number of benzene rings is 1. The van der Waals surface area contributed by atoms with Crippen molar-refractivity contribution in [1.82, 2.24) is 0 Å². The number of hydrogen-bond acceptors (Lipinski definition) is 4. The van der Waals surface area contributed by atoms with E-state index in [4.69, 9.17) is 11.6 Å². The SMILES string of the molecule is O=[N+]([O-])c1c(Cl)cccc1NCCSC(F)(F)F. The largest absolute Gasteiger partial charge is 0.441 e. The number of para-hydroxylation sites is 1.